The van der Waals surface area contributed by atoms with Gasteiger partial charge in [-0.05, 0) is 28.1 Å². The Morgan fingerprint density at radius 1 is 1.56 bits per heavy atom. The average molecular weight is 327 g/mol. The molecule has 0 unspecified atom stereocenters. The number of aromatic nitrogens is 2. The van der Waals surface area contributed by atoms with Gasteiger partial charge in [-0.2, -0.15) is 4.98 Å². The second-order valence-electron chi connectivity index (χ2n) is 3.61. The van der Waals surface area contributed by atoms with Gasteiger partial charge in [0.15, 0.2) is 5.82 Å². The van der Waals surface area contributed by atoms with Gasteiger partial charge in [0.25, 0.3) is 0 Å². The smallest absolute Gasteiger partial charge is 0.223 e. The summed E-state index contributed by atoms with van der Waals surface area (Å²) in [6.07, 6.45) is 0. The molecule has 1 aromatic heterocycles. The molecular weight excluding hydrogens is 316 g/mol. The van der Waals surface area contributed by atoms with E-state index in [2.05, 4.69) is 31.4 Å². The van der Waals surface area contributed by atoms with Gasteiger partial charge in [0.05, 0.1) is 6.54 Å². The standard InChI is InChI=1S/C11H11BrN4OS/c1-6-15-9(16-17-6)5-14-8-4-2-3-7(12)10(8)11(13)18/h2-4,14H,5H2,1H3,(H2,13,18). The first-order chi connectivity index (χ1) is 8.58. The normalized spacial score (nSPS) is 10.3. The largest absolute Gasteiger partial charge is 0.389 e. The molecule has 0 atom stereocenters. The molecule has 0 amide bonds. The Labute approximate surface area is 118 Å². The van der Waals surface area contributed by atoms with Gasteiger partial charge in [-0.25, -0.2) is 0 Å². The maximum Gasteiger partial charge on any atom is 0.223 e. The van der Waals surface area contributed by atoms with Crippen molar-refractivity contribution in [2.75, 3.05) is 5.32 Å². The van der Waals surface area contributed by atoms with Gasteiger partial charge >= 0.3 is 0 Å². The van der Waals surface area contributed by atoms with Crippen LogP contribution in [0, 0.1) is 6.92 Å². The van der Waals surface area contributed by atoms with E-state index in [-0.39, 0.29) is 0 Å². The van der Waals surface area contributed by atoms with E-state index in [0.29, 0.717) is 23.2 Å². The Morgan fingerprint density at radius 3 is 2.94 bits per heavy atom. The predicted molar refractivity (Wildman–Crippen MR) is 76.4 cm³/mol. The van der Waals surface area contributed by atoms with E-state index >= 15 is 0 Å². The highest BCUT2D eigenvalue weighted by Gasteiger charge is 2.10. The number of nitrogens with one attached hydrogen (secondary N) is 1. The molecule has 0 saturated heterocycles. The van der Waals surface area contributed by atoms with Crippen LogP contribution in [0.3, 0.4) is 0 Å². The molecule has 7 heteroatoms. The van der Waals surface area contributed by atoms with Crippen LogP contribution in [-0.2, 0) is 6.54 Å². The van der Waals surface area contributed by atoms with Crippen LogP contribution >= 0.6 is 28.1 Å². The molecule has 0 aliphatic rings. The van der Waals surface area contributed by atoms with Gasteiger partial charge in [0, 0.05) is 22.6 Å². The van der Waals surface area contributed by atoms with Gasteiger partial charge in [-0.15, -0.1) is 0 Å². The first-order valence-electron chi connectivity index (χ1n) is 5.19. The highest BCUT2D eigenvalue weighted by atomic mass is 79.9. The number of anilines is 1. The van der Waals surface area contributed by atoms with Crippen molar-refractivity contribution in [2.45, 2.75) is 13.5 Å². The molecule has 2 rings (SSSR count). The number of rotatable bonds is 4. The molecule has 94 valence electrons. The Hall–Kier alpha value is -1.47. The van der Waals surface area contributed by atoms with Crippen molar-refractivity contribution in [3.63, 3.8) is 0 Å². The van der Waals surface area contributed by atoms with E-state index in [9.17, 15) is 0 Å². The third kappa shape index (κ3) is 2.85. The summed E-state index contributed by atoms with van der Waals surface area (Å²) in [6, 6.07) is 5.68. The van der Waals surface area contributed by atoms with Gasteiger partial charge in [-0.1, -0.05) is 23.4 Å². The van der Waals surface area contributed by atoms with Crippen molar-refractivity contribution in [2.24, 2.45) is 5.73 Å². The SMILES string of the molecule is Cc1nc(CNc2cccc(Br)c2C(N)=S)no1. The molecule has 3 N–H and O–H groups in total. The average Bonchev–Trinajstić information content (AvgIpc) is 2.72. The Kier molecular flexibility index (Phi) is 3.93. The zero-order valence-corrected chi connectivity index (χ0v) is 12.0. The molecule has 0 radical (unpaired) electrons. The van der Waals surface area contributed by atoms with Crippen LogP contribution in [0.25, 0.3) is 0 Å². The monoisotopic (exact) mass is 326 g/mol. The minimum atomic E-state index is 0.328. The summed E-state index contributed by atoms with van der Waals surface area (Å²) in [5.41, 5.74) is 7.30. The van der Waals surface area contributed by atoms with Crippen molar-refractivity contribution in [3.05, 3.63) is 40.0 Å². The van der Waals surface area contributed by atoms with Gasteiger partial charge in [0.2, 0.25) is 5.89 Å². The molecule has 0 aliphatic heterocycles. The highest BCUT2D eigenvalue weighted by Crippen LogP contribution is 2.24. The summed E-state index contributed by atoms with van der Waals surface area (Å²) in [6.45, 7) is 2.19. The van der Waals surface area contributed by atoms with Crippen molar-refractivity contribution in [3.8, 4) is 0 Å². The first-order valence-corrected chi connectivity index (χ1v) is 6.39. The second-order valence-corrected chi connectivity index (χ2v) is 4.90. The highest BCUT2D eigenvalue weighted by molar-refractivity contribution is 9.10. The van der Waals surface area contributed by atoms with Crippen molar-refractivity contribution in [1.82, 2.24) is 10.1 Å². The van der Waals surface area contributed by atoms with E-state index in [0.717, 1.165) is 15.7 Å². The molecular formula is C11H11BrN4OS. The molecule has 1 heterocycles. The quantitative estimate of drug-likeness (QED) is 0.840. The fraction of sp³-hybridized carbons (Fsp3) is 0.182. The summed E-state index contributed by atoms with van der Waals surface area (Å²) < 4.78 is 5.74. The minimum Gasteiger partial charge on any atom is -0.389 e. The zero-order valence-electron chi connectivity index (χ0n) is 9.61. The summed E-state index contributed by atoms with van der Waals surface area (Å²) in [4.78, 5) is 4.43. The third-order valence-corrected chi connectivity index (χ3v) is 3.13. The fourth-order valence-electron chi connectivity index (χ4n) is 1.51. The topological polar surface area (TPSA) is 77.0 Å². The first kappa shape index (κ1) is 13.0. The molecule has 0 fully saturated rings. The van der Waals surface area contributed by atoms with Crippen LogP contribution in [0.2, 0.25) is 0 Å². The Bertz CT molecular complexity index is 584. The van der Waals surface area contributed by atoms with Gasteiger partial charge in [0.1, 0.15) is 4.99 Å². The van der Waals surface area contributed by atoms with Crippen LogP contribution in [0.15, 0.2) is 27.2 Å². The third-order valence-electron chi connectivity index (χ3n) is 2.27. The lowest BCUT2D eigenvalue weighted by Crippen LogP contribution is -2.14. The summed E-state index contributed by atoms with van der Waals surface area (Å²) in [7, 11) is 0. The number of aryl methyl sites for hydroxylation is 1. The van der Waals surface area contributed by atoms with Crippen LogP contribution in [-0.4, -0.2) is 15.1 Å². The summed E-state index contributed by atoms with van der Waals surface area (Å²) in [5, 5.41) is 6.99. The lowest BCUT2D eigenvalue weighted by Gasteiger charge is -2.11. The van der Waals surface area contributed by atoms with Crippen LogP contribution in [0.4, 0.5) is 5.69 Å². The van der Waals surface area contributed by atoms with E-state index in [4.69, 9.17) is 22.5 Å². The molecule has 0 saturated carbocycles. The maximum atomic E-state index is 5.70. The molecule has 2 aromatic rings. The molecule has 0 spiro atoms. The van der Waals surface area contributed by atoms with Gasteiger partial charge < -0.3 is 15.6 Å². The minimum absolute atomic E-state index is 0.328. The Morgan fingerprint density at radius 2 is 2.33 bits per heavy atom. The molecule has 0 aliphatic carbocycles. The number of halogens is 1. The number of benzene rings is 1. The molecule has 0 bridgehead atoms. The van der Waals surface area contributed by atoms with E-state index in [1.807, 2.05) is 18.2 Å². The van der Waals surface area contributed by atoms with Crippen LogP contribution in [0.1, 0.15) is 17.3 Å². The van der Waals surface area contributed by atoms with Gasteiger partial charge in [-0.3, -0.25) is 0 Å². The van der Waals surface area contributed by atoms with Crippen molar-refractivity contribution >= 4 is 38.8 Å². The van der Waals surface area contributed by atoms with E-state index in [1.54, 1.807) is 6.92 Å². The number of thiocarbonyl (C=S) groups is 1. The lowest BCUT2D eigenvalue weighted by molar-refractivity contribution is 0.388. The molecule has 18 heavy (non-hydrogen) atoms. The summed E-state index contributed by atoms with van der Waals surface area (Å²) in [5.74, 6) is 1.12. The number of nitrogens with two attached hydrogens (primary N) is 1. The maximum absolute atomic E-state index is 5.70. The summed E-state index contributed by atoms with van der Waals surface area (Å²) >= 11 is 8.45. The Balaban J connectivity index is 2.19. The zero-order chi connectivity index (χ0) is 13.1. The van der Waals surface area contributed by atoms with Crippen molar-refractivity contribution in [1.29, 1.82) is 0 Å². The number of hydrogen-bond acceptors (Lipinski definition) is 5. The van der Waals surface area contributed by atoms with E-state index in [1.165, 1.54) is 0 Å². The molecule has 1 aromatic carbocycles. The number of nitrogens with zero attached hydrogens (tertiary/aromatic N) is 2. The predicted octanol–water partition coefficient (Wildman–Crippen LogP) is 2.39. The van der Waals surface area contributed by atoms with Crippen LogP contribution in [0.5, 0.6) is 0 Å². The number of hydrogen-bond donors (Lipinski definition) is 2. The van der Waals surface area contributed by atoms with Crippen molar-refractivity contribution < 1.29 is 4.52 Å². The fourth-order valence-corrected chi connectivity index (χ4v) is 2.44. The molecule has 5 nitrogen and oxygen atoms in total. The van der Waals surface area contributed by atoms with Crippen LogP contribution < -0.4 is 11.1 Å². The second kappa shape index (κ2) is 5.45. The lowest BCUT2D eigenvalue weighted by atomic mass is 10.2. The van der Waals surface area contributed by atoms with E-state index < -0.39 is 0 Å².